The lowest BCUT2D eigenvalue weighted by Gasteiger charge is -2.21. The molecule has 2 N–H and O–H groups in total. The topological polar surface area (TPSA) is 76.0 Å². The summed E-state index contributed by atoms with van der Waals surface area (Å²) in [6, 6.07) is 10.6. The Labute approximate surface area is 121 Å². The van der Waals surface area contributed by atoms with Crippen LogP contribution in [-0.4, -0.2) is 29.4 Å². The predicted octanol–water partition coefficient (Wildman–Crippen LogP) is 2.32. The fourth-order valence-corrected chi connectivity index (χ4v) is 2.28. The number of hydrogen-bond acceptors (Lipinski definition) is 4. The van der Waals surface area contributed by atoms with Crippen molar-refractivity contribution in [2.24, 2.45) is 0 Å². The maximum atomic E-state index is 11.4. The molecule has 0 saturated heterocycles. The van der Waals surface area contributed by atoms with Gasteiger partial charge in [-0.25, -0.2) is 4.79 Å². The Hall–Kier alpha value is -2.53. The van der Waals surface area contributed by atoms with Crippen molar-refractivity contribution in [3.05, 3.63) is 47.5 Å². The monoisotopic (exact) mass is 286 g/mol. The standard InChI is InChI=1S/C16H14O5/c17-9-10-1-3-11(4-2-10)12-7-13(16(18)19)15-14(8-12)20-5-6-21-15/h1-4,7-8,17H,5-6,9H2,(H,18,19). The predicted molar refractivity (Wildman–Crippen MR) is 75.8 cm³/mol. The van der Waals surface area contributed by atoms with Gasteiger partial charge in [-0.3, -0.25) is 0 Å². The van der Waals surface area contributed by atoms with Crippen LogP contribution in [0.25, 0.3) is 11.1 Å². The summed E-state index contributed by atoms with van der Waals surface area (Å²) < 4.78 is 10.9. The fourth-order valence-electron chi connectivity index (χ4n) is 2.28. The molecule has 1 heterocycles. The molecule has 0 radical (unpaired) electrons. The number of aliphatic hydroxyl groups excluding tert-OH is 1. The Morgan fingerprint density at radius 2 is 1.76 bits per heavy atom. The summed E-state index contributed by atoms with van der Waals surface area (Å²) in [5.41, 5.74) is 2.48. The van der Waals surface area contributed by atoms with Gasteiger partial charge in [-0.2, -0.15) is 0 Å². The fraction of sp³-hybridized carbons (Fsp3) is 0.188. The zero-order valence-corrected chi connectivity index (χ0v) is 11.2. The van der Waals surface area contributed by atoms with Gasteiger partial charge in [0.05, 0.1) is 6.61 Å². The highest BCUT2D eigenvalue weighted by Crippen LogP contribution is 2.38. The van der Waals surface area contributed by atoms with Crippen LogP contribution in [0.5, 0.6) is 11.5 Å². The first-order chi connectivity index (χ1) is 10.2. The van der Waals surface area contributed by atoms with Crippen molar-refractivity contribution in [1.82, 2.24) is 0 Å². The smallest absolute Gasteiger partial charge is 0.339 e. The molecule has 2 aromatic rings. The first kappa shape index (κ1) is 13.5. The zero-order chi connectivity index (χ0) is 14.8. The van der Waals surface area contributed by atoms with E-state index in [2.05, 4.69) is 0 Å². The molecule has 1 aliphatic rings. The normalized spacial score (nSPS) is 13.0. The van der Waals surface area contributed by atoms with Gasteiger partial charge in [-0.05, 0) is 28.8 Å². The summed E-state index contributed by atoms with van der Waals surface area (Å²) in [6.45, 7) is 0.721. The second-order valence-electron chi connectivity index (χ2n) is 4.71. The Morgan fingerprint density at radius 3 is 2.43 bits per heavy atom. The van der Waals surface area contributed by atoms with Crippen molar-refractivity contribution in [2.75, 3.05) is 13.2 Å². The molecule has 0 unspecified atom stereocenters. The van der Waals surface area contributed by atoms with Crippen molar-refractivity contribution < 1.29 is 24.5 Å². The van der Waals surface area contributed by atoms with Crippen LogP contribution in [0.1, 0.15) is 15.9 Å². The Balaban J connectivity index is 2.09. The summed E-state index contributed by atoms with van der Waals surface area (Å²) in [6.07, 6.45) is 0. The van der Waals surface area contributed by atoms with Gasteiger partial charge in [0.1, 0.15) is 18.8 Å². The lowest BCUT2D eigenvalue weighted by molar-refractivity contribution is 0.0686. The van der Waals surface area contributed by atoms with Crippen molar-refractivity contribution >= 4 is 5.97 Å². The van der Waals surface area contributed by atoms with Gasteiger partial charge >= 0.3 is 5.97 Å². The molecule has 1 aliphatic heterocycles. The number of ether oxygens (including phenoxy) is 2. The highest BCUT2D eigenvalue weighted by molar-refractivity contribution is 5.94. The third kappa shape index (κ3) is 2.55. The van der Waals surface area contributed by atoms with Crippen LogP contribution < -0.4 is 9.47 Å². The summed E-state index contributed by atoms with van der Waals surface area (Å²) in [5, 5.41) is 18.4. The molecule has 0 aliphatic carbocycles. The molecule has 0 atom stereocenters. The van der Waals surface area contributed by atoms with Crippen LogP contribution in [0.2, 0.25) is 0 Å². The van der Waals surface area contributed by atoms with Crippen molar-refractivity contribution in [2.45, 2.75) is 6.61 Å². The minimum atomic E-state index is -1.05. The van der Waals surface area contributed by atoms with E-state index in [0.717, 1.165) is 16.7 Å². The van der Waals surface area contributed by atoms with E-state index in [4.69, 9.17) is 14.6 Å². The molecule has 0 bridgehead atoms. The van der Waals surface area contributed by atoms with Crippen molar-refractivity contribution in [1.29, 1.82) is 0 Å². The first-order valence-corrected chi connectivity index (χ1v) is 6.56. The third-order valence-corrected chi connectivity index (χ3v) is 3.34. The van der Waals surface area contributed by atoms with Gasteiger partial charge in [0, 0.05) is 0 Å². The molecule has 0 spiro atoms. The second-order valence-corrected chi connectivity index (χ2v) is 4.71. The Kier molecular flexibility index (Phi) is 3.50. The van der Waals surface area contributed by atoms with Crippen LogP contribution in [-0.2, 0) is 6.61 Å². The number of fused-ring (bicyclic) bond motifs is 1. The third-order valence-electron chi connectivity index (χ3n) is 3.34. The van der Waals surface area contributed by atoms with E-state index in [1.54, 1.807) is 24.3 Å². The summed E-state index contributed by atoms with van der Waals surface area (Å²) in [7, 11) is 0. The number of aromatic carboxylic acids is 1. The number of carbonyl (C=O) groups is 1. The summed E-state index contributed by atoms with van der Waals surface area (Å²) >= 11 is 0. The minimum absolute atomic E-state index is 0.0260. The van der Waals surface area contributed by atoms with E-state index in [0.29, 0.717) is 19.0 Å². The van der Waals surface area contributed by atoms with E-state index < -0.39 is 5.97 Å². The molecule has 5 nitrogen and oxygen atoms in total. The van der Waals surface area contributed by atoms with E-state index in [9.17, 15) is 9.90 Å². The molecular formula is C16H14O5. The van der Waals surface area contributed by atoms with Gasteiger partial charge in [0.25, 0.3) is 0 Å². The van der Waals surface area contributed by atoms with Gasteiger partial charge in [0.15, 0.2) is 11.5 Å². The van der Waals surface area contributed by atoms with E-state index in [1.807, 2.05) is 12.1 Å². The largest absolute Gasteiger partial charge is 0.486 e. The van der Waals surface area contributed by atoms with Crippen LogP contribution in [0.15, 0.2) is 36.4 Å². The number of benzene rings is 2. The lowest BCUT2D eigenvalue weighted by Crippen LogP contribution is -2.18. The lowest BCUT2D eigenvalue weighted by atomic mass is 10.0. The molecule has 0 fully saturated rings. The molecule has 0 saturated carbocycles. The Bertz CT molecular complexity index is 676. The highest BCUT2D eigenvalue weighted by atomic mass is 16.6. The average Bonchev–Trinajstić information content (AvgIpc) is 2.53. The molecule has 0 amide bonds. The van der Waals surface area contributed by atoms with Crippen LogP contribution in [0.3, 0.4) is 0 Å². The minimum Gasteiger partial charge on any atom is -0.486 e. The number of aliphatic hydroxyl groups is 1. The van der Waals surface area contributed by atoms with Gasteiger partial charge in [0.2, 0.25) is 0 Å². The average molecular weight is 286 g/mol. The highest BCUT2D eigenvalue weighted by Gasteiger charge is 2.22. The molecule has 2 aromatic carbocycles. The summed E-state index contributed by atoms with van der Waals surface area (Å²) in [5.74, 6) is -0.322. The van der Waals surface area contributed by atoms with Crippen molar-refractivity contribution in [3.63, 3.8) is 0 Å². The first-order valence-electron chi connectivity index (χ1n) is 6.56. The number of rotatable bonds is 3. The number of hydrogen-bond donors (Lipinski definition) is 2. The summed E-state index contributed by atoms with van der Waals surface area (Å²) in [4.78, 5) is 11.4. The number of carboxylic acid groups (broad SMARTS) is 1. The molecule has 5 heteroatoms. The van der Waals surface area contributed by atoms with E-state index in [1.165, 1.54) is 0 Å². The van der Waals surface area contributed by atoms with Crippen molar-refractivity contribution in [3.8, 4) is 22.6 Å². The maximum Gasteiger partial charge on any atom is 0.339 e. The van der Waals surface area contributed by atoms with Crippen LogP contribution in [0, 0.1) is 0 Å². The molecular weight excluding hydrogens is 272 g/mol. The van der Waals surface area contributed by atoms with Crippen LogP contribution in [0.4, 0.5) is 0 Å². The Morgan fingerprint density at radius 1 is 1.05 bits per heavy atom. The molecule has 108 valence electrons. The van der Waals surface area contributed by atoms with E-state index in [-0.39, 0.29) is 17.9 Å². The van der Waals surface area contributed by atoms with Gasteiger partial charge < -0.3 is 19.7 Å². The maximum absolute atomic E-state index is 11.4. The van der Waals surface area contributed by atoms with Gasteiger partial charge in [-0.1, -0.05) is 24.3 Å². The van der Waals surface area contributed by atoms with Gasteiger partial charge in [-0.15, -0.1) is 0 Å². The molecule has 0 aromatic heterocycles. The zero-order valence-electron chi connectivity index (χ0n) is 11.2. The molecule has 21 heavy (non-hydrogen) atoms. The quantitative estimate of drug-likeness (QED) is 0.905. The van der Waals surface area contributed by atoms with Crippen LogP contribution >= 0.6 is 0 Å². The SMILES string of the molecule is O=C(O)c1cc(-c2ccc(CO)cc2)cc2c1OCCO2. The number of carboxylic acids is 1. The van der Waals surface area contributed by atoms with E-state index >= 15 is 0 Å². The second kappa shape index (κ2) is 5.46. The molecule has 3 rings (SSSR count).